The van der Waals surface area contributed by atoms with Gasteiger partial charge in [-0.3, -0.25) is 14.6 Å². The zero-order valence-electron chi connectivity index (χ0n) is 20.9. The molecule has 0 saturated heterocycles. The number of anilines is 1. The van der Waals surface area contributed by atoms with E-state index in [0.29, 0.717) is 46.5 Å². The van der Waals surface area contributed by atoms with Gasteiger partial charge in [0.25, 0.3) is 5.91 Å². The van der Waals surface area contributed by atoms with Crippen LogP contribution in [0.25, 0.3) is 16.9 Å². The fourth-order valence-corrected chi connectivity index (χ4v) is 4.22. The number of amides is 2. The Hall–Kier alpha value is -4.41. The van der Waals surface area contributed by atoms with E-state index in [1.165, 1.54) is 17.5 Å². The Morgan fingerprint density at radius 3 is 2.74 bits per heavy atom. The highest BCUT2D eigenvalue weighted by molar-refractivity contribution is 5.96. The molecule has 2 N–H and O–H groups in total. The summed E-state index contributed by atoms with van der Waals surface area (Å²) in [4.78, 5) is 33.0. The van der Waals surface area contributed by atoms with Gasteiger partial charge >= 0.3 is 0 Å². The Morgan fingerprint density at radius 2 is 2.00 bits per heavy atom. The number of nitrogens with one attached hydrogen (secondary N) is 2. The van der Waals surface area contributed by atoms with Crippen LogP contribution in [0.3, 0.4) is 0 Å². The first kappa shape index (κ1) is 25.2. The minimum Gasteiger partial charge on any atom is -0.490 e. The van der Waals surface area contributed by atoms with Gasteiger partial charge in [-0.05, 0) is 49.9 Å². The number of aryl methyl sites for hydroxylation is 1. The van der Waals surface area contributed by atoms with Crippen LogP contribution in [0, 0.1) is 24.5 Å². The van der Waals surface area contributed by atoms with Crippen molar-refractivity contribution in [3.05, 3.63) is 71.2 Å². The minimum atomic E-state index is -0.795. The van der Waals surface area contributed by atoms with Crippen molar-refractivity contribution in [2.75, 3.05) is 11.9 Å². The summed E-state index contributed by atoms with van der Waals surface area (Å²) in [5.41, 5.74) is 2.65. The maximum atomic E-state index is 14.5. The van der Waals surface area contributed by atoms with Gasteiger partial charge in [0.15, 0.2) is 23.0 Å². The quantitative estimate of drug-likeness (QED) is 0.355. The molecule has 0 unspecified atom stereocenters. The summed E-state index contributed by atoms with van der Waals surface area (Å²) in [6.45, 7) is 3.32. The van der Waals surface area contributed by atoms with E-state index in [0.717, 1.165) is 25.3 Å². The van der Waals surface area contributed by atoms with Gasteiger partial charge < -0.3 is 15.4 Å². The predicted molar refractivity (Wildman–Crippen MR) is 136 cm³/mol. The van der Waals surface area contributed by atoms with Crippen molar-refractivity contribution in [2.45, 2.75) is 39.7 Å². The van der Waals surface area contributed by atoms with Gasteiger partial charge in [0.2, 0.25) is 5.91 Å². The number of ether oxygens (including phenoxy) is 1. The number of hydrogen-bond acceptors (Lipinski definition) is 6. The number of hydrogen-bond donors (Lipinski definition) is 2. The molecule has 3 aromatic heterocycles. The Balaban J connectivity index is 1.34. The van der Waals surface area contributed by atoms with E-state index in [-0.39, 0.29) is 23.8 Å². The molecule has 196 valence electrons. The topological polar surface area (TPSA) is 111 Å². The molecule has 1 aliphatic rings. The first-order chi connectivity index (χ1) is 18.3. The highest BCUT2D eigenvalue weighted by Crippen LogP contribution is 2.30. The monoisotopic (exact) mass is 520 g/mol. The van der Waals surface area contributed by atoms with Gasteiger partial charge in [0.05, 0.1) is 29.8 Å². The molecule has 0 spiro atoms. The molecule has 1 fully saturated rings. The van der Waals surface area contributed by atoms with Crippen LogP contribution in [0.5, 0.6) is 5.75 Å². The van der Waals surface area contributed by atoms with Gasteiger partial charge in [0, 0.05) is 36.9 Å². The molecular formula is C27H26F2N6O3. The fourth-order valence-electron chi connectivity index (χ4n) is 4.22. The highest BCUT2D eigenvalue weighted by atomic mass is 19.1. The number of aromatic nitrogens is 4. The van der Waals surface area contributed by atoms with E-state index in [9.17, 15) is 18.4 Å². The second-order valence-corrected chi connectivity index (χ2v) is 9.35. The first-order valence-electron chi connectivity index (χ1n) is 12.3. The number of nitrogens with zero attached hydrogens (tertiary/aromatic N) is 4. The number of carbonyl (C=O) groups excluding carboxylic acids is 2. The van der Waals surface area contributed by atoms with Crippen LogP contribution in [0.2, 0.25) is 0 Å². The normalized spacial score (nSPS) is 13.3. The molecule has 3 heterocycles. The molecule has 1 saturated carbocycles. The van der Waals surface area contributed by atoms with Crippen LogP contribution in [0.4, 0.5) is 14.6 Å². The second kappa shape index (κ2) is 10.5. The van der Waals surface area contributed by atoms with Crippen LogP contribution >= 0.6 is 0 Å². The number of fused-ring (bicyclic) bond motifs is 1. The minimum absolute atomic E-state index is 0.0429. The van der Waals surface area contributed by atoms with Crippen LogP contribution < -0.4 is 15.4 Å². The van der Waals surface area contributed by atoms with Crippen molar-refractivity contribution in [1.82, 2.24) is 24.9 Å². The first-order valence-corrected chi connectivity index (χ1v) is 12.3. The zero-order valence-corrected chi connectivity index (χ0v) is 20.9. The number of imidazole rings is 1. The van der Waals surface area contributed by atoms with Crippen molar-refractivity contribution in [3.63, 3.8) is 0 Å². The molecule has 38 heavy (non-hydrogen) atoms. The maximum absolute atomic E-state index is 14.5. The largest absolute Gasteiger partial charge is 0.490 e. The molecule has 4 aromatic rings. The molecule has 5 rings (SSSR count). The summed E-state index contributed by atoms with van der Waals surface area (Å²) < 4.78 is 35.6. The second-order valence-electron chi connectivity index (χ2n) is 9.35. The number of benzene rings is 1. The molecule has 0 aliphatic heterocycles. The summed E-state index contributed by atoms with van der Waals surface area (Å²) >= 11 is 0. The summed E-state index contributed by atoms with van der Waals surface area (Å²) in [6, 6.07) is 7.06. The van der Waals surface area contributed by atoms with Gasteiger partial charge in [-0.25, -0.2) is 18.3 Å². The van der Waals surface area contributed by atoms with E-state index in [2.05, 4.69) is 25.7 Å². The van der Waals surface area contributed by atoms with E-state index < -0.39 is 17.5 Å². The Bertz CT molecular complexity index is 1530. The van der Waals surface area contributed by atoms with Gasteiger partial charge in [0.1, 0.15) is 5.82 Å². The van der Waals surface area contributed by atoms with Gasteiger partial charge in [-0.15, -0.1) is 0 Å². The molecule has 0 bridgehead atoms. The number of carbonyl (C=O) groups is 2. The van der Waals surface area contributed by atoms with Gasteiger partial charge in [-0.1, -0.05) is 6.42 Å². The lowest BCUT2D eigenvalue weighted by atomic mass is 9.86. The lowest BCUT2D eigenvalue weighted by molar-refractivity contribution is -0.114. The third-order valence-corrected chi connectivity index (χ3v) is 6.46. The Labute approximate surface area is 217 Å². The van der Waals surface area contributed by atoms with E-state index in [1.54, 1.807) is 37.5 Å². The highest BCUT2D eigenvalue weighted by Gasteiger charge is 2.21. The average Bonchev–Trinajstić information content (AvgIpc) is 3.23. The van der Waals surface area contributed by atoms with Crippen molar-refractivity contribution in [3.8, 4) is 17.0 Å². The molecule has 2 amide bonds. The van der Waals surface area contributed by atoms with Crippen molar-refractivity contribution in [1.29, 1.82) is 0 Å². The van der Waals surface area contributed by atoms with E-state index in [1.807, 2.05) is 0 Å². The fraction of sp³-hybridized carbons (Fsp3) is 0.296. The summed E-state index contributed by atoms with van der Waals surface area (Å²) in [5, 5.41) is 9.84. The van der Waals surface area contributed by atoms with Crippen LogP contribution in [-0.4, -0.2) is 38.0 Å². The smallest absolute Gasteiger partial charge is 0.253 e. The molecule has 9 nitrogen and oxygen atoms in total. The van der Waals surface area contributed by atoms with E-state index in [4.69, 9.17) is 4.74 Å². The Kier molecular flexibility index (Phi) is 6.99. The summed E-state index contributed by atoms with van der Waals surface area (Å²) in [6.07, 6.45) is 6.35. The van der Waals surface area contributed by atoms with Crippen LogP contribution in [-0.2, 0) is 11.3 Å². The third kappa shape index (κ3) is 5.46. The van der Waals surface area contributed by atoms with Crippen LogP contribution in [0.15, 0.2) is 42.7 Å². The summed E-state index contributed by atoms with van der Waals surface area (Å²) in [5.74, 6) is -1.55. The van der Waals surface area contributed by atoms with Crippen molar-refractivity contribution < 1.29 is 23.1 Å². The number of rotatable bonds is 8. The number of pyridine rings is 1. The average molecular weight is 521 g/mol. The number of halogens is 2. The summed E-state index contributed by atoms with van der Waals surface area (Å²) in [7, 11) is 0. The van der Waals surface area contributed by atoms with Gasteiger partial charge in [-0.2, -0.15) is 5.10 Å². The Morgan fingerprint density at radius 1 is 1.18 bits per heavy atom. The van der Waals surface area contributed by atoms with Crippen molar-refractivity contribution in [2.24, 2.45) is 5.92 Å². The standard InChI is InChI=1S/C27H26F2N6O3/c1-15-21(9-18(11-30-15)23-6-7-25-33-24(32-16(2)36)13-35(25)34-23)27(37)31-12-19-8-20(28)10-22(29)26(19)38-14-17-4-3-5-17/h6-11,13,17H,3-5,12,14H2,1-2H3,(H,31,37)(H,32,36). The van der Waals surface area contributed by atoms with Crippen LogP contribution in [0.1, 0.15) is 47.8 Å². The predicted octanol–water partition coefficient (Wildman–Crippen LogP) is 4.45. The zero-order chi connectivity index (χ0) is 26.8. The lowest BCUT2D eigenvalue weighted by Gasteiger charge is -2.26. The molecular weight excluding hydrogens is 494 g/mol. The molecule has 1 aliphatic carbocycles. The molecule has 1 aromatic carbocycles. The van der Waals surface area contributed by atoms with E-state index >= 15 is 0 Å². The maximum Gasteiger partial charge on any atom is 0.253 e. The molecule has 0 atom stereocenters. The lowest BCUT2D eigenvalue weighted by Crippen LogP contribution is -2.25. The SMILES string of the molecule is CC(=O)Nc1cn2nc(-c3cnc(C)c(C(=O)NCc4cc(F)cc(F)c4OCC4CCC4)c3)ccc2n1. The third-order valence-electron chi connectivity index (χ3n) is 6.46. The molecule has 11 heteroatoms. The molecule has 0 radical (unpaired) electrons. The van der Waals surface area contributed by atoms with Crippen molar-refractivity contribution >= 4 is 23.3 Å².